The molecule has 1 saturated carbocycles. The van der Waals surface area contributed by atoms with E-state index in [4.69, 9.17) is 10.00 Å². The Labute approximate surface area is 96.9 Å². The molecule has 0 saturated heterocycles. The van der Waals surface area contributed by atoms with Crippen LogP contribution in [-0.2, 0) is 0 Å². The number of rotatable bonds is 3. The molecule has 0 heterocycles. The van der Waals surface area contributed by atoms with Gasteiger partial charge >= 0.3 is 0 Å². The van der Waals surface area contributed by atoms with Crippen molar-refractivity contribution in [2.45, 2.75) is 32.1 Å². The van der Waals surface area contributed by atoms with Crippen molar-refractivity contribution < 1.29 is 4.74 Å². The van der Waals surface area contributed by atoms with E-state index in [1.54, 1.807) is 7.11 Å². The van der Waals surface area contributed by atoms with Crippen LogP contribution in [0, 0.1) is 17.2 Å². The van der Waals surface area contributed by atoms with Crippen LogP contribution in [0.4, 0.5) is 0 Å². The Morgan fingerprint density at radius 2 is 2.19 bits per heavy atom. The molecule has 2 nitrogen and oxygen atoms in total. The van der Waals surface area contributed by atoms with Gasteiger partial charge in [0.05, 0.1) is 19.1 Å². The summed E-state index contributed by atoms with van der Waals surface area (Å²) in [5.41, 5.74) is 2.53. The Hall–Kier alpha value is -1.49. The van der Waals surface area contributed by atoms with Gasteiger partial charge in [-0.25, -0.2) is 0 Å². The molecule has 0 aromatic heterocycles. The van der Waals surface area contributed by atoms with E-state index in [9.17, 15) is 0 Å². The van der Waals surface area contributed by atoms with Crippen molar-refractivity contribution >= 4 is 0 Å². The highest BCUT2D eigenvalue weighted by Gasteiger charge is 2.38. The van der Waals surface area contributed by atoms with E-state index in [0.29, 0.717) is 11.8 Å². The van der Waals surface area contributed by atoms with E-state index >= 15 is 0 Å². The molecule has 2 unspecified atom stereocenters. The van der Waals surface area contributed by atoms with Gasteiger partial charge in [0.15, 0.2) is 0 Å². The summed E-state index contributed by atoms with van der Waals surface area (Å²) in [6, 6.07) is 8.65. The lowest BCUT2D eigenvalue weighted by Gasteiger charge is -2.13. The van der Waals surface area contributed by atoms with Gasteiger partial charge < -0.3 is 4.74 Å². The van der Waals surface area contributed by atoms with Gasteiger partial charge in [-0.05, 0) is 29.5 Å². The number of ether oxygens (including phenoxy) is 1. The molecule has 1 aromatic rings. The van der Waals surface area contributed by atoms with Gasteiger partial charge in [0.1, 0.15) is 5.75 Å². The average Bonchev–Trinajstić information content (AvgIpc) is 3.07. The fourth-order valence-corrected chi connectivity index (χ4v) is 2.14. The Kier molecular flexibility index (Phi) is 2.87. The number of hydrogen-bond acceptors (Lipinski definition) is 2. The summed E-state index contributed by atoms with van der Waals surface area (Å²) < 4.78 is 5.35. The zero-order valence-corrected chi connectivity index (χ0v) is 10.0. The minimum atomic E-state index is 0.230. The number of nitrogens with zero attached hydrogens (tertiary/aromatic N) is 1. The maximum Gasteiger partial charge on any atom is 0.122 e. The molecular formula is C14H17NO. The van der Waals surface area contributed by atoms with Crippen LogP contribution in [0.5, 0.6) is 5.75 Å². The Bertz CT molecular complexity index is 431. The molecule has 0 N–H and O–H groups in total. The van der Waals surface area contributed by atoms with Gasteiger partial charge in [-0.3, -0.25) is 0 Å². The molecule has 0 spiro atoms. The molecular weight excluding hydrogens is 198 g/mol. The summed E-state index contributed by atoms with van der Waals surface area (Å²) in [6.07, 6.45) is 1.01. The lowest BCUT2D eigenvalue weighted by Crippen LogP contribution is -1.96. The van der Waals surface area contributed by atoms with Crippen LogP contribution >= 0.6 is 0 Å². The van der Waals surface area contributed by atoms with E-state index in [0.717, 1.165) is 12.2 Å². The molecule has 16 heavy (non-hydrogen) atoms. The van der Waals surface area contributed by atoms with Crippen LogP contribution in [0.1, 0.15) is 43.2 Å². The molecule has 2 atom stereocenters. The maximum atomic E-state index is 8.84. The molecule has 2 rings (SSSR count). The molecule has 0 bridgehead atoms. The van der Waals surface area contributed by atoms with Gasteiger partial charge in [-0.15, -0.1) is 0 Å². The quantitative estimate of drug-likeness (QED) is 0.773. The van der Waals surface area contributed by atoms with Gasteiger partial charge in [0, 0.05) is 5.92 Å². The molecule has 1 aliphatic rings. The van der Waals surface area contributed by atoms with Crippen LogP contribution < -0.4 is 4.74 Å². The minimum Gasteiger partial charge on any atom is -0.496 e. The second-order valence-corrected chi connectivity index (χ2v) is 4.73. The van der Waals surface area contributed by atoms with Gasteiger partial charge in [0.25, 0.3) is 0 Å². The second-order valence-electron chi connectivity index (χ2n) is 4.73. The number of nitriles is 1. The van der Waals surface area contributed by atoms with Crippen LogP contribution in [0.15, 0.2) is 18.2 Å². The molecule has 1 fully saturated rings. The van der Waals surface area contributed by atoms with E-state index < -0.39 is 0 Å². The fraction of sp³-hybridized carbons (Fsp3) is 0.500. The first-order valence-corrected chi connectivity index (χ1v) is 5.74. The first-order valence-electron chi connectivity index (χ1n) is 5.74. The highest BCUT2D eigenvalue weighted by Crippen LogP contribution is 2.48. The van der Waals surface area contributed by atoms with Crippen molar-refractivity contribution in [3.8, 4) is 11.8 Å². The standard InChI is InChI=1S/C14H17NO/c1-9(2)12-6-10(4-5-14(12)16-3)13-7-11(13)8-15/h4-6,9,11,13H,7H2,1-3H3. The second kappa shape index (κ2) is 4.17. The molecule has 1 aliphatic carbocycles. The third-order valence-corrected chi connectivity index (χ3v) is 3.26. The smallest absolute Gasteiger partial charge is 0.122 e. The Morgan fingerprint density at radius 1 is 1.44 bits per heavy atom. The van der Waals surface area contributed by atoms with Crippen LogP contribution in [-0.4, -0.2) is 7.11 Å². The number of methoxy groups -OCH3 is 1. The summed E-state index contributed by atoms with van der Waals surface area (Å²) >= 11 is 0. The van der Waals surface area contributed by atoms with Crippen molar-refractivity contribution in [3.63, 3.8) is 0 Å². The molecule has 0 amide bonds. The zero-order valence-electron chi connectivity index (χ0n) is 10.0. The monoisotopic (exact) mass is 215 g/mol. The van der Waals surface area contributed by atoms with Crippen molar-refractivity contribution in [3.05, 3.63) is 29.3 Å². The summed E-state index contributed by atoms with van der Waals surface area (Å²) in [5, 5.41) is 8.84. The molecule has 2 heteroatoms. The van der Waals surface area contributed by atoms with Gasteiger partial charge in [0.2, 0.25) is 0 Å². The first-order chi connectivity index (χ1) is 7.67. The summed E-state index contributed by atoms with van der Waals surface area (Å²) in [6.45, 7) is 4.33. The third kappa shape index (κ3) is 1.90. The highest BCUT2D eigenvalue weighted by molar-refractivity contribution is 5.42. The molecule has 0 radical (unpaired) electrons. The Morgan fingerprint density at radius 3 is 2.69 bits per heavy atom. The van der Waals surface area contributed by atoms with E-state index in [1.807, 2.05) is 6.07 Å². The Balaban J connectivity index is 2.30. The summed E-state index contributed by atoms with van der Waals surface area (Å²) in [5.74, 6) is 2.09. The number of benzene rings is 1. The maximum absolute atomic E-state index is 8.84. The van der Waals surface area contributed by atoms with Crippen LogP contribution in [0.3, 0.4) is 0 Å². The highest BCUT2D eigenvalue weighted by atomic mass is 16.5. The predicted octanol–water partition coefficient (Wildman–Crippen LogP) is 3.45. The van der Waals surface area contributed by atoms with Gasteiger partial charge in [-0.1, -0.05) is 26.0 Å². The van der Waals surface area contributed by atoms with Crippen molar-refractivity contribution in [2.75, 3.05) is 7.11 Å². The lowest BCUT2D eigenvalue weighted by atomic mass is 9.97. The average molecular weight is 215 g/mol. The SMILES string of the molecule is COc1ccc(C2CC2C#N)cc1C(C)C. The normalized spacial score (nSPS) is 22.9. The van der Waals surface area contributed by atoms with Crippen molar-refractivity contribution in [2.24, 2.45) is 5.92 Å². The van der Waals surface area contributed by atoms with E-state index in [1.165, 1.54) is 11.1 Å². The minimum absolute atomic E-state index is 0.230. The largest absolute Gasteiger partial charge is 0.496 e. The third-order valence-electron chi connectivity index (χ3n) is 3.26. The predicted molar refractivity (Wildman–Crippen MR) is 63.5 cm³/mol. The number of hydrogen-bond donors (Lipinski definition) is 0. The molecule has 1 aromatic carbocycles. The molecule has 0 aliphatic heterocycles. The summed E-state index contributed by atoms with van der Waals surface area (Å²) in [7, 11) is 1.70. The fourth-order valence-electron chi connectivity index (χ4n) is 2.14. The van der Waals surface area contributed by atoms with Gasteiger partial charge in [-0.2, -0.15) is 5.26 Å². The van der Waals surface area contributed by atoms with Crippen molar-refractivity contribution in [1.29, 1.82) is 5.26 Å². The zero-order chi connectivity index (χ0) is 11.7. The van der Waals surface area contributed by atoms with Crippen LogP contribution in [0.2, 0.25) is 0 Å². The topological polar surface area (TPSA) is 33.0 Å². The van der Waals surface area contributed by atoms with E-state index in [-0.39, 0.29) is 5.92 Å². The molecule has 84 valence electrons. The first kappa shape index (κ1) is 11.0. The summed E-state index contributed by atoms with van der Waals surface area (Å²) in [4.78, 5) is 0. The van der Waals surface area contributed by atoms with E-state index in [2.05, 4.69) is 32.0 Å². The van der Waals surface area contributed by atoms with Crippen LogP contribution in [0.25, 0.3) is 0 Å². The lowest BCUT2D eigenvalue weighted by molar-refractivity contribution is 0.407. The van der Waals surface area contributed by atoms with Crippen molar-refractivity contribution in [1.82, 2.24) is 0 Å².